The maximum Gasteiger partial charge on any atom is 0.190 e. The molecule has 0 bridgehead atoms. The normalized spacial score (nSPS) is 11.7. The molecular formula is C19H16N2S. The summed E-state index contributed by atoms with van der Waals surface area (Å²) in [5, 5.41) is 23.3. The van der Waals surface area contributed by atoms with Crippen molar-refractivity contribution < 1.29 is 0 Å². The van der Waals surface area contributed by atoms with Gasteiger partial charge in [0.25, 0.3) is 0 Å². The molecule has 0 aliphatic rings. The van der Waals surface area contributed by atoms with Gasteiger partial charge in [0.15, 0.2) is 5.41 Å². The SMILES string of the molecule is C=C(c1cccc2ccccc12)C(C#N)(C#N)/C(C)=C/SC. The monoisotopic (exact) mass is 304 g/mol. The van der Waals surface area contributed by atoms with E-state index in [0.717, 1.165) is 16.3 Å². The molecule has 0 unspecified atom stereocenters. The van der Waals surface area contributed by atoms with Crippen LogP contribution in [0.1, 0.15) is 12.5 Å². The molecular weight excluding hydrogens is 288 g/mol. The van der Waals surface area contributed by atoms with E-state index in [-0.39, 0.29) is 0 Å². The summed E-state index contributed by atoms with van der Waals surface area (Å²) in [4.78, 5) is 0. The Hall–Kier alpha value is -2.49. The molecule has 0 amide bonds. The minimum Gasteiger partial charge on any atom is -0.196 e. The molecule has 2 aromatic carbocycles. The highest BCUT2D eigenvalue weighted by molar-refractivity contribution is 8.01. The second kappa shape index (κ2) is 6.52. The first-order valence-corrected chi connectivity index (χ1v) is 8.09. The lowest BCUT2D eigenvalue weighted by atomic mass is 9.74. The van der Waals surface area contributed by atoms with Gasteiger partial charge in [-0.1, -0.05) is 49.0 Å². The molecule has 2 aromatic rings. The van der Waals surface area contributed by atoms with Gasteiger partial charge in [0, 0.05) is 0 Å². The lowest BCUT2D eigenvalue weighted by Gasteiger charge is -2.23. The summed E-state index contributed by atoms with van der Waals surface area (Å²) in [5.74, 6) is 0. The number of fused-ring (bicyclic) bond motifs is 1. The van der Waals surface area contributed by atoms with Crippen LogP contribution >= 0.6 is 11.8 Å². The fourth-order valence-corrected chi connectivity index (χ4v) is 3.06. The Morgan fingerprint density at radius 2 is 1.77 bits per heavy atom. The molecule has 0 aliphatic heterocycles. The van der Waals surface area contributed by atoms with E-state index in [2.05, 4.69) is 18.7 Å². The van der Waals surface area contributed by atoms with Crippen molar-refractivity contribution in [2.75, 3.05) is 6.26 Å². The van der Waals surface area contributed by atoms with Crippen LogP contribution in [0.4, 0.5) is 0 Å². The van der Waals surface area contributed by atoms with E-state index in [4.69, 9.17) is 0 Å². The summed E-state index contributed by atoms with van der Waals surface area (Å²) in [7, 11) is 0. The predicted molar refractivity (Wildman–Crippen MR) is 93.9 cm³/mol. The number of rotatable bonds is 4. The van der Waals surface area contributed by atoms with Gasteiger partial charge < -0.3 is 0 Å². The number of nitriles is 2. The van der Waals surface area contributed by atoms with E-state index in [0.29, 0.717) is 11.1 Å². The number of benzene rings is 2. The van der Waals surface area contributed by atoms with Gasteiger partial charge in [-0.2, -0.15) is 10.5 Å². The highest BCUT2D eigenvalue weighted by Crippen LogP contribution is 2.42. The van der Waals surface area contributed by atoms with Crippen molar-refractivity contribution in [2.45, 2.75) is 6.92 Å². The zero-order valence-corrected chi connectivity index (χ0v) is 13.4. The van der Waals surface area contributed by atoms with Crippen molar-refractivity contribution in [1.82, 2.24) is 0 Å². The lowest BCUT2D eigenvalue weighted by molar-refractivity contribution is 0.818. The maximum absolute atomic E-state index is 9.69. The molecule has 0 heterocycles. The van der Waals surface area contributed by atoms with Gasteiger partial charge in [0.05, 0.1) is 12.1 Å². The summed E-state index contributed by atoms with van der Waals surface area (Å²) in [6, 6.07) is 18.1. The van der Waals surface area contributed by atoms with Crippen LogP contribution in [-0.2, 0) is 0 Å². The van der Waals surface area contributed by atoms with Crippen LogP contribution in [0.5, 0.6) is 0 Å². The highest BCUT2D eigenvalue weighted by atomic mass is 32.2. The molecule has 2 rings (SSSR count). The van der Waals surface area contributed by atoms with Gasteiger partial charge >= 0.3 is 0 Å². The molecule has 0 saturated heterocycles. The van der Waals surface area contributed by atoms with Crippen molar-refractivity contribution >= 4 is 28.1 Å². The fourth-order valence-electron chi connectivity index (χ4n) is 2.53. The smallest absolute Gasteiger partial charge is 0.190 e. The predicted octanol–water partition coefficient (Wildman–Crippen LogP) is 5.15. The van der Waals surface area contributed by atoms with Crippen LogP contribution in [0.15, 0.2) is 60.0 Å². The summed E-state index contributed by atoms with van der Waals surface area (Å²) < 4.78 is 0. The molecule has 3 heteroatoms. The molecule has 0 saturated carbocycles. The Balaban J connectivity index is 2.69. The Labute approximate surface area is 135 Å². The largest absolute Gasteiger partial charge is 0.196 e. The Bertz CT molecular complexity index is 815. The summed E-state index contributed by atoms with van der Waals surface area (Å²) in [6.45, 7) is 5.90. The van der Waals surface area contributed by atoms with E-state index >= 15 is 0 Å². The average molecular weight is 304 g/mol. The lowest BCUT2D eigenvalue weighted by Crippen LogP contribution is -2.19. The van der Waals surface area contributed by atoms with Crippen LogP contribution in [0.2, 0.25) is 0 Å². The standard InChI is InChI=1S/C19H16N2S/c1-14(11-22-3)19(12-20,13-21)15(2)17-10-6-8-16-7-4-5-9-18(16)17/h4-11H,2H2,1,3H3/b14-11+. The van der Waals surface area contributed by atoms with Crippen molar-refractivity contribution in [2.24, 2.45) is 5.41 Å². The Kier molecular flexibility index (Phi) is 4.71. The first-order valence-electron chi connectivity index (χ1n) is 6.80. The number of thioether (sulfide) groups is 1. The zero-order valence-electron chi connectivity index (χ0n) is 12.6. The fraction of sp³-hybridized carbons (Fsp3) is 0.158. The molecule has 2 nitrogen and oxygen atoms in total. The minimum absolute atomic E-state index is 0.525. The molecule has 0 aliphatic carbocycles. The first-order chi connectivity index (χ1) is 10.6. The molecule has 0 radical (unpaired) electrons. The van der Waals surface area contributed by atoms with Crippen LogP contribution in [0.3, 0.4) is 0 Å². The molecule has 0 aromatic heterocycles. The summed E-state index contributed by atoms with van der Waals surface area (Å²) in [5.41, 5.74) is 0.725. The third-order valence-electron chi connectivity index (χ3n) is 3.79. The van der Waals surface area contributed by atoms with Gasteiger partial charge in [-0.15, -0.1) is 11.8 Å². The van der Waals surface area contributed by atoms with E-state index in [9.17, 15) is 10.5 Å². The van der Waals surface area contributed by atoms with Gasteiger partial charge in [0.2, 0.25) is 0 Å². The highest BCUT2D eigenvalue weighted by Gasteiger charge is 2.37. The number of hydrogen-bond donors (Lipinski definition) is 0. The van der Waals surface area contributed by atoms with Crippen LogP contribution in [0.25, 0.3) is 16.3 Å². The first kappa shape index (κ1) is 15.9. The van der Waals surface area contributed by atoms with E-state index in [1.807, 2.05) is 54.1 Å². The number of nitrogens with zero attached hydrogens (tertiary/aromatic N) is 2. The van der Waals surface area contributed by atoms with Crippen LogP contribution in [0, 0.1) is 28.1 Å². The van der Waals surface area contributed by atoms with Gasteiger partial charge in [-0.3, -0.25) is 0 Å². The van der Waals surface area contributed by atoms with Crippen molar-refractivity contribution in [3.05, 3.63) is 65.6 Å². The number of hydrogen-bond acceptors (Lipinski definition) is 3. The molecule has 0 N–H and O–H groups in total. The number of allylic oxidation sites excluding steroid dienone is 2. The molecule has 108 valence electrons. The Morgan fingerprint density at radius 1 is 1.14 bits per heavy atom. The third kappa shape index (κ3) is 2.52. The second-order valence-corrected chi connectivity index (χ2v) is 5.72. The summed E-state index contributed by atoms with van der Waals surface area (Å²) in [6.07, 6.45) is 1.91. The van der Waals surface area contributed by atoms with E-state index in [1.165, 1.54) is 11.8 Å². The van der Waals surface area contributed by atoms with Crippen molar-refractivity contribution in [3.8, 4) is 12.1 Å². The topological polar surface area (TPSA) is 47.6 Å². The van der Waals surface area contributed by atoms with Crippen LogP contribution in [-0.4, -0.2) is 6.26 Å². The molecule has 22 heavy (non-hydrogen) atoms. The summed E-state index contributed by atoms with van der Waals surface area (Å²) >= 11 is 1.48. The van der Waals surface area contributed by atoms with Crippen molar-refractivity contribution in [1.29, 1.82) is 10.5 Å². The van der Waals surface area contributed by atoms with E-state index in [1.54, 1.807) is 6.92 Å². The average Bonchev–Trinajstić information content (AvgIpc) is 2.56. The quantitative estimate of drug-likeness (QED) is 0.784. The maximum atomic E-state index is 9.69. The molecule has 0 atom stereocenters. The minimum atomic E-state index is -1.34. The van der Waals surface area contributed by atoms with Gasteiger partial charge in [-0.25, -0.2) is 0 Å². The third-order valence-corrected chi connectivity index (χ3v) is 4.38. The second-order valence-electron chi connectivity index (χ2n) is 5.02. The zero-order chi connectivity index (χ0) is 16.2. The van der Waals surface area contributed by atoms with Crippen molar-refractivity contribution in [3.63, 3.8) is 0 Å². The molecule has 0 spiro atoms. The molecule has 0 fully saturated rings. The van der Waals surface area contributed by atoms with Gasteiger partial charge in [-0.05, 0) is 46.1 Å². The van der Waals surface area contributed by atoms with Gasteiger partial charge in [0.1, 0.15) is 0 Å². The van der Waals surface area contributed by atoms with E-state index < -0.39 is 5.41 Å². The Morgan fingerprint density at radius 3 is 2.41 bits per heavy atom. The van der Waals surface area contributed by atoms with Crippen LogP contribution < -0.4 is 0 Å².